The van der Waals surface area contributed by atoms with Gasteiger partial charge in [-0.05, 0) is 80.6 Å². The summed E-state index contributed by atoms with van der Waals surface area (Å²) >= 11 is 1.70. The maximum Gasteiger partial charge on any atom is 0.224 e. The predicted molar refractivity (Wildman–Crippen MR) is 137 cm³/mol. The van der Waals surface area contributed by atoms with Gasteiger partial charge >= 0.3 is 0 Å². The van der Waals surface area contributed by atoms with Crippen LogP contribution < -0.4 is 16.0 Å². The largest absolute Gasteiger partial charge is 0.340 e. The van der Waals surface area contributed by atoms with Gasteiger partial charge in [0.05, 0.1) is 0 Å². The van der Waals surface area contributed by atoms with Gasteiger partial charge < -0.3 is 16.0 Å². The number of nitrogens with zero attached hydrogens (tertiary/aromatic N) is 2. The van der Waals surface area contributed by atoms with Crippen LogP contribution in [0.1, 0.15) is 28.2 Å². The predicted octanol–water partition coefficient (Wildman–Crippen LogP) is 6.52. The van der Waals surface area contributed by atoms with Crippen LogP contribution in [0.15, 0.2) is 66.0 Å². The van der Waals surface area contributed by atoms with E-state index in [-0.39, 0.29) is 5.91 Å². The zero-order chi connectivity index (χ0) is 23.2. The van der Waals surface area contributed by atoms with E-state index in [0.717, 1.165) is 29.3 Å². The second kappa shape index (κ2) is 10.3. The number of carbonyl (C=O) groups excluding carboxylic acids is 1. The fraction of sp³-hybridized carbons (Fsp3) is 0.192. The van der Waals surface area contributed by atoms with Crippen LogP contribution in [0.2, 0.25) is 0 Å². The van der Waals surface area contributed by atoms with E-state index in [1.807, 2.05) is 49.4 Å². The number of amides is 1. The van der Waals surface area contributed by atoms with Gasteiger partial charge in [0.25, 0.3) is 0 Å². The molecule has 0 saturated carbocycles. The van der Waals surface area contributed by atoms with Crippen LogP contribution in [0.5, 0.6) is 0 Å². The minimum atomic E-state index is 0.0155. The van der Waals surface area contributed by atoms with Gasteiger partial charge in [-0.15, -0.1) is 11.3 Å². The topological polar surface area (TPSA) is 78.9 Å². The minimum absolute atomic E-state index is 0.0155. The summed E-state index contributed by atoms with van der Waals surface area (Å²) in [5, 5.41) is 11.7. The number of aryl methyl sites for hydroxylation is 4. The van der Waals surface area contributed by atoms with Crippen molar-refractivity contribution in [3.63, 3.8) is 0 Å². The van der Waals surface area contributed by atoms with Crippen LogP contribution in [0.25, 0.3) is 0 Å². The molecule has 2 aromatic heterocycles. The first-order chi connectivity index (χ1) is 15.9. The lowest BCUT2D eigenvalue weighted by Crippen LogP contribution is -2.12. The fourth-order valence-electron chi connectivity index (χ4n) is 3.38. The summed E-state index contributed by atoms with van der Waals surface area (Å²) in [5.41, 5.74) is 5.08. The SMILES string of the molecule is Cc1ccc(Nc2cc(Nc3ccc(NC(=O)CCc4sccc4C)cc3)nc(C)n2)cc1. The Labute approximate surface area is 198 Å². The highest BCUT2D eigenvalue weighted by atomic mass is 32.1. The molecule has 168 valence electrons. The minimum Gasteiger partial charge on any atom is -0.340 e. The molecule has 1 amide bonds. The summed E-state index contributed by atoms with van der Waals surface area (Å²) in [4.78, 5) is 22.5. The van der Waals surface area contributed by atoms with Gasteiger partial charge in [-0.1, -0.05) is 17.7 Å². The van der Waals surface area contributed by atoms with Crippen molar-refractivity contribution in [3.05, 3.63) is 87.9 Å². The quantitative estimate of drug-likeness (QED) is 0.281. The molecule has 0 atom stereocenters. The third kappa shape index (κ3) is 6.40. The summed E-state index contributed by atoms with van der Waals surface area (Å²) < 4.78 is 0. The first kappa shape index (κ1) is 22.5. The van der Waals surface area contributed by atoms with E-state index in [2.05, 4.69) is 63.3 Å². The highest BCUT2D eigenvalue weighted by Gasteiger charge is 2.07. The molecular weight excluding hydrogens is 430 g/mol. The number of hydrogen-bond donors (Lipinski definition) is 3. The number of aromatic nitrogens is 2. The van der Waals surface area contributed by atoms with Crippen molar-refractivity contribution in [2.45, 2.75) is 33.6 Å². The first-order valence-electron chi connectivity index (χ1n) is 10.8. The Balaban J connectivity index is 1.35. The van der Waals surface area contributed by atoms with Crippen LogP contribution in [0.4, 0.5) is 28.7 Å². The second-order valence-corrected chi connectivity index (χ2v) is 8.95. The average molecular weight is 458 g/mol. The van der Waals surface area contributed by atoms with E-state index in [4.69, 9.17) is 0 Å². The number of benzene rings is 2. The highest BCUT2D eigenvalue weighted by molar-refractivity contribution is 7.10. The fourth-order valence-corrected chi connectivity index (χ4v) is 4.29. The van der Waals surface area contributed by atoms with Crippen molar-refractivity contribution in [1.29, 1.82) is 0 Å². The molecular formula is C26H27N5OS. The molecule has 4 rings (SSSR count). The molecule has 0 saturated heterocycles. The molecule has 6 nitrogen and oxygen atoms in total. The molecule has 0 bridgehead atoms. The Bertz CT molecular complexity index is 1230. The molecule has 0 aliphatic rings. The summed E-state index contributed by atoms with van der Waals surface area (Å²) in [6, 6.07) is 19.7. The highest BCUT2D eigenvalue weighted by Crippen LogP contribution is 2.22. The lowest BCUT2D eigenvalue weighted by Gasteiger charge is -2.11. The Morgan fingerprint density at radius 1 is 0.818 bits per heavy atom. The van der Waals surface area contributed by atoms with Crippen LogP contribution in [-0.2, 0) is 11.2 Å². The van der Waals surface area contributed by atoms with Gasteiger partial charge in [-0.2, -0.15) is 0 Å². The van der Waals surface area contributed by atoms with Gasteiger partial charge in [0, 0.05) is 34.4 Å². The van der Waals surface area contributed by atoms with Crippen molar-refractivity contribution in [2.24, 2.45) is 0 Å². The summed E-state index contributed by atoms with van der Waals surface area (Å²) in [7, 11) is 0. The third-order valence-electron chi connectivity index (χ3n) is 5.15. The molecule has 0 unspecified atom stereocenters. The van der Waals surface area contributed by atoms with Crippen LogP contribution in [0.3, 0.4) is 0 Å². The van der Waals surface area contributed by atoms with Gasteiger partial charge in [-0.25, -0.2) is 9.97 Å². The van der Waals surface area contributed by atoms with E-state index in [1.54, 1.807) is 11.3 Å². The van der Waals surface area contributed by atoms with Gasteiger partial charge in [0.1, 0.15) is 17.5 Å². The van der Waals surface area contributed by atoms with Crippen molar-refractivity contribution in [2.75, 3.05) is 16.0 Å². The number of hydrogen-bond acceptors (Lipinski definition) is 6. The van der Waals surface area contributed by atoms with Gasteiger partial charge in [0.15, 0.2) is 0 Å². The number of rotatable bonds is 8. The zero-order valence-corrected chi connectivity index (χ0v) is 19.8. The van der Waals surface area contributed by atoms with Crippen LogP contribution in [-0.4, -0.2) is 15.9 Å². The Kier molecular flexibility index (Phi) is 7.00. The molecule has 7 heteroatoms. The standard InChI is InChI=1S/C26H27N5OS/c1-17-4-6-20(7-5-17)29-24-16-25(28-19(3)27-24)30-21-8-10-22(11-9-21)31-26(32)13-12-23-18(2)14-15-33-23/h4-11,14-16H,12-13H2,1-3H3,(H,31,32)(H2,27,28,29,30). The van der Waals surface area contributed by atoms with Gasteiger partial charge in [0.2, 0.25) is 5.91 Å². The Morgan fingerprint density at radius 3 is 1.97 bits per heavy atom. The van der Waals surface area contributed by atoms with Crippen molar-refractivity contribution in [1.82, 2.24) is 9.97 Å². The lowest BCUT2D eigenvalue weighted by atomic mass is 10.2. The molecule has 0 fully saturated rings. The van der Waals surface area contributed by atoms with E-state index < -0.39 is 0 Å². The first-order valence-corrected chi connectivity index (χ1v) is 11.7. The average Bonchev–Trinajstić information content (AvgIpc) is 3.20. The molecule has 0 aliphatic carbocycles. The molecule has 0 aliphatic heterocycles. The monoisotopic (exact) mass is 457 g/mol. The number of anilines is 5. The summed E-state index contributed by atoms with van der Waals surface area (Å²) in [6.07, 6.45) is 1.24. The molecule has 0 radical (unpaired) electrons. The summed E-state index contributed by atoms with van der Waals surface area (Å²) in [5.74, 6) is 2.10. The van der Waals surface area contributed by atoms with Gasteiger partial charge in [-0.3, -0.25) is 4.79 Å². The molecule has 3 N–H and O–H groups in total. The van der Waals surface area contributed by atoms with Crippen molar-refractivity contribution >= 4 is 45.9 Å². The zero-order valence-electron chi connectivity index (χ0n) is 19.0. The van der Waals surface area contributed by atoms with E-state index >= 15 is 0 Å². The van der Waals surface area contributed by atoms with Crippen molar-refractivity contribution in [3.8, 4) is 0 Å². The van der Waals surface area contributed by atoms with Crippen LogP contribution in [0, 0.1) is 20.8 Å². The maximum atomic E-state index is 12.3. The lowest BCUT2D eigenvalue weighted by molar-refractivity contribution is -0.116. The molecule has 33 heavy (non-hydrogen) atoms. The van der Waals surface area contributed by atoms with E-state index in [9.17, 15) is 4.79 Å². The van der Waals surface area contributed by atoms with Crippen molar-refractivity contribution < 1.29 is 4.79 Å². The van der Waals surface area contributed by atoms with Crippen LogP contribution >= 0.6 is 11.3 Å². The second-order valence-electron chi connectivity index (χ2n) is 7.95. The number of carbonyl (C=O) groups is 1. The van der Waals surface area contributed by atoms with E-state index in [1.165, 1.54) is 16.0 Å². The smallest absolute Gasteiger partial charge is 0.224 e. The Hall–Kier alpha value is -3.71. The molecule has 2 aromatic carbocycles. The maximum absolute atomic E-state index is 12.3. The molecule has 4 aromatic rings. The summed E-state index contributed by atoms with van der Waals surface area (Å²) in [6.45, 7) is 6.00. The number of nitrogens with one attached hydrogen (secondary N) is 3. The Morgan fingerprint density at radius 2 is 1.39 bits per heavy atom. The van der Waals surface area contributed by atoms with E-state index in [0.29, 0.717) is 18.1 Å². The third-order valence-corrected chi connectivity index (χ3v) is 6.23. The molecule has 2 heterocycles. The normalized spacial score (nSPS) is 10.6. The number of thiophene rings is 1. The molecule has 0 spiro atoms.